The summed E-state index contributed by atoms with van der Waals surface area (Å²) in [7, 11) is 0. The number of allylic oxidation sites excluding steroid dienone is 4. The molecule has 0 aromatic rings. The van der Waals surface area contributed by atoms with Gasteiger partial charge in [0.25, 0.3) is 0 Å². The zero-order chi connectivity index (χ0) is 22.4. The zero-order valence-corrected chi connectivity index (χ0v) is 20.6. The first-order chi connectivity index (χ1) is 14.6. The number of rotatable bonds is 5. The number of hydrogen-bond donors (Lipinski definition) is 0. The lowest BCUT2D eigenvalue weighted by Crippen LogP contribution is -2.50. The van der Waals surface area contributed by atoms with Gasteiger partial charge in [0.1, 0.15) is 6.10 Å². The Bertz CT molecular complexity index is 785. The number of esters is 1. The van der Waals surface area contributed by atoms with E-state index in [1.54, 1.807) is 12.5 Å². The molecule has 2 nitrogen and oxygen atoms in total. The standard InChI is InChI=1S/C29H44O2/c1-19(2)8-7-9-20(3)25-12-13-26-24-11-10-22-18-23(31-21(4)30)14-16-28(22,5)27(24)15-17-29(25,26)6/h8,10,23-27H,3,7,9,11-18H2,1-2,4-6H3. The summed E-state index contributed by atoms with van der Waals surface area (Å²) in [6.07, 6.45) is 17.2. The molecule has 2 heteroatoms. The van der Waals surface area contributed by atoms with Crippen LogP contribution >= 0.6 is 0 Å². The predicted octanol–water partition coefficient (Wildman–Crippen LogP) is 7.80. The van der Waals surface area contributed by atoms with Crippen LogP contribution in [0.5, 0.6) is 0 Å². The molecule has 7 atom stereocenters. The molecule has 172 valence electrons. The molecule has 0 amide bonds. The van der Waals surface area contributed by atoms with Crippen molar-refractivity contribution in [3.63, 3.8) is 0 Å². The molecule has 7 unspecified atom stereocenters. The number of hydrogen-bond acceptors (Lipinski definition) is 2. The van der Waals surface area contributed by atoms with Crippen molar-refractivity contribution in [3.05, 3.63) is 35.5 Å². The third kappa shape index (κ3) is 4.09. The number of carbonyl (C=O) groups excluding carboxylic acids is 1. The van der Waals surface area contributed by atoms with Gasteiger partial charge in [-0.3, -0.25) is 4.79 Å². The maximum absolute atomic E-state index is 11.5. The van der Waals surface area contributed by atoms with Crippen molar-refractivity contribution < 1.29 is 9.53 Å². The van der Waals surface area contributed by atoms with Crippen molar-refractivity contribution in [2.45, 2.75) is 105 Å². The molecule has 0 heterocycles. The maximum atomic E-state index is 11.5. The first-order valence-corrected chi connectivity index (χ1v) is 12.8. The van der Waals surface area contributed by atoms with Gasteiger partial charge in [0.15, 0.2) is 0 Å². The lowest BCUT2D eigenvalue weighted by atomic mass is 9.47. The normalized spacial score (nSPS) is 41.3. The second kappa shape index (κ2) is 8.56. The summed E-state index contributed by atoms with van der Waals surface area (Å²) < 4.78 is 5.60. The second-order valence-electron chi connectivity index (χ2n) is 11.9. The molecule has 4 rings (SSSR count). The summed E-state index contributed by atoms with van der Waals surface area (Å²) in [5.41, 5.74) is 5.29. The van der Waals surface area contributed by atoms with Gasteiger partial charge in [0.2, 0.25) is 0 Å². The lowest BCUT2D eigenvalue weighted by molar-refractivity contribution is -0.148. The monoisotopic (exact) mass is 424 g/mol. The Balaban J connectivity index is 1.49. The molecular weight excluding hydrogens is 380 g/mol. The molecule has 0 aromatic heterocycles. The highest BCUT2D eigenvalue weighted by Crippen LogP contribution is 2.67. The molecule has 0 bridgehead atoms. The molecule has 4 aliphatic rings. The minimum absolute atomic E-state index is 0.0993. The third-order valence-corrected chi connectivity index (χ3v) is 9.90. The van der Waals surface area contributed by atoms with Crippen LogP contribution in [0, 0.1) is 34.5 Å². The van der Waals surface area contributed by atoms with Gasteiger partial charge in [-0.2, -0.15) is 0 Å². The van der Waals surface area contributed by atoms with Gasteiger partial charge in [0, 0.05) is 13.3 Å². The summed E-state index contributed by atoms with van der Waals surface area (Å²) in [6, 6.07) is 0. The minimum Gasteiger partial charge on any atom is -0.462 e. The van der Waals surface area contributed by atoms with E-state index in [1.807, 2.05) is 0 Å². The minimum atomic E-state index is -0.127. The van der Waals surface area contributed by atoms with E-state index in [2.05, 4.69) is 46.4 Å². The number of carbonyl (C=O) groups is 1. The van der Waals surface area contributed by atoms with Crippen LogP contribution in [-0.2, 0) is 9.53 Å². The van der Waals surface area contributed by atoms with Gasteiger partial charge in [-0.05, 0) is 106 Å². The van der Waals surface area contributed by atoms with Crippen molar-refractivity contribution in [2.75, 3.05) is 0 Å². The first kappa shape index (κ1) is 22.9. The average Bonchev–Trinajstić information content (AvgIpc) is 3.05. The van der Waals surface area contributed by atoms with E-state index < -0.39 is 0 Å². The molecule has 0 N–H and O–H groups in total. The topological polar surface area (TPSA) is 26.3 Å². The second-order valence-corrected chi connectivity index (χ2v) is 11.9. The molecule has 4 aliphatic carbocycles. The van der Waals surface area contributed by atoms with E-state index >= 15 is 0 Å². The van der Waals surface area contributed by atoms with Gasteiger partial charge < -0.3 is 4.74 Å². The molecule has 0 radical (unpaired) electrons. The fraction of sp³-hybridized carbons (Fsp3) is 0.759. The van der Waals surface area contributed by atoms with Crippen LogP contribution in [0.3, 0.4) is 0 Å². The van der Waals surface area contributed by atoms with Crippen LogP contribution in [0.25, 0.3) is 0 Å². The molecule has 0 saturated heterocycles. The third-order valence-electron chi connectivity index (χ3n) is 9.90. The summed E-state index contributed by atoms with van der Waals surface area (Å²) >= 11 is 0. The van der Waals surface area contributed by atoms with Gasteiger partial charge in [0.05, 0.1) is 0 Å². The number of ether oxygens (including phenoxy) is 1. The molecule has 0 aliphatic heterocycles. The summed E-state index contributed by atoms with van der Waals surface area (Å²) in [4.78, 5) is 11.5. The smallest absolute Gasteiger partial charge is 0.302 e. The summed E-state index contributed by atoms with van der Waals surface area (Å²) in [5, 5.41) is 0. The molecule has 3 saturated carbocycles. The zero-order valence-electron chi connectivity index (χ0n) is 20.6. The summed E-state index contributed by atoms with van der Waals surface area (Å²) in [5.74, 6) is 3.06. The molecule has 3 fully saturated rings. The van der Waals surface area contributed by atoms with E-state index in [1.165, 1.54) is 49.7 Å². The van der Waals surface area contributed by atoms with Gasteiger partial charge >= 0.3 is 5.97 Å². The average molecular weight is 425 g/mol. The van der Waals surface area contributed by atoms with E-state index in [9.17, 15) is 4.79 Å². The van der Waals surface area contributed by atoms with Crippen LogP contribution in [0.15, 0.2) is 35.5 Å². The SMILES string of the molecule is C=C(CCC=C(C)C)C1CCC2C3CC=C4CC(OC(C)=O)CCC4(C)C3CCC12C. The van der Waals surface area contributed by atoms with Crippen LogP contribution in [-0.4, -0.2) is 12.1 Å². The van der Waals surface area contributed by atoms with Crippen molar-refractivity contribution >= 4 is 5.97 Å². The molecular formula is C29H44O2. The Morgan fingerprint density at radius 1 is 1.13 bits per heavy atom. The Morgan fingerprint density at radius 3 is 2.61 bits per heavy atom. The van der Waals surface area contributed by atoms with Gasteiger partial charge in [-0.1, -0.05) is 49.3 Å². The highest BCUT2D eigenvalue weighted by molar-refractivity contribution is 5.66. The predicted molar refractivity (Wildman–Crippen MR) is 129 cm³/mol. The Morgan fingerprint density at radius 2 is 1.90 bits per heavy atom. The van der Waals surface area contributed by atoms with Crippen molar-refractivity contribution in [3.8, 4) is 0 Å². The number of fused-ring (bicyclic) bond motifs is 5. The van der Waals surface area contributed by atoms with E-state index in [0.717, 1.165) is 43.4 Å². The van der Waals surface area contributed by atoms with E-state index in [4.69, 9.17) is 4.74 Å². The largest absolute Gasteiger partial charge is 0.462 e. The van der Waals surface area contributed by atoms with Crippen LogP contribution in [0.4, 0.5) is 0 Å². The fourth-order valence-electron chi connectivity index (χ4n) is 8.35. The van der Waals surface area contributed by atoms with Crippen molar-refractivity contribution in [2.24, 2.45) is 34.5 Å². The fourth-order valence-corrected chi connectivity index (χ4v) is 8.35. The Hall–Kier alpha value is -1.31. The Labute approximate surface area is 190 Å². The van der Waals surface area contributed by atoms with Gasteiger partial charge in [-0.25, -0.2) is 0 Å². The molecule has 0 spiro atoms. The van der Waals surface area contributed by atoms with Crippen LogP contribution in [0.1, 0.15) is 98.8 Å². The highest BCUT2D eigenvalue weighted by Gasteiger charge is 2.58. The lowest BCUT2D eigenvalue weighted by Gasteiger charge is -2.58. The van der Waals surface area contributed by atoms with E-state index in [0.29, 0.717) is 16.7 Å². The first-order valence-electron chi connectivity index (χ1n) is 12.8. The Kier molecular flexibility index (Phi) is 6.32. The highest BCUT2D eigenvalue weighted by atomic mass is 16.5. The van der Waals surface area contributed by atoms with E-state index in [-0.39, 0.29) is 12.1 Å². The van der Waals surface area contributed by atoms with Crippen molar-refractivity contribution in [1.82, 2.24) is 0 Å². The van der Waals surface area contributed by atoms with Crippen molar-refractivity contribution in [1.29, 1.82) is 0 Å². The van der Waals surface area contributed by atoms with Crippen LogP contribution in [0.2, 0.25) is 0 Å². The van der Waals surface area contributed by atoms with Gasteiger partial charge in [-0.15, -0.1) is 0 Å². The molecule has 0 aromatic carbocycles. The summed E-state index contributed by atoms with van der Waals surface area (Å²) in [6.45, 7) is 15.7. The quantitative estimate of drug-likeness (QED) is 0.332. The van der Waals surface area contributed by atoms with Crippen LogP contribution < -0.4 is 0 Å². The maximum Gasteiger partial charge on any atom is 0.302 e. The molecule has 31 heavy (non-hydrogen) atoms.